The molecule has 1 aromatic carbocycles. The fourth-order valence-electron chi connectivity index (χ4n) is 2.67. The lowest BCUT2D eigenvalue weighted by atomic mass is 9.86. The quantitative estimate of drug-likeness (QED) is 0.632. The largest absolute Gasteiger partial charge is 0.507 e. The highest BCUT2D eigenvalue weighted by Gasteiger charge is 2.33. The van der Waals surface area contributed by atoms with E-state index in [2.05, 4.69) is 29.5 Å². The van der Waals surface area contributed by atoms with Gasteiger partial charge in [-0.1, -0.05) is 22.6 Å². The van der Waals surface area contributed by atoms with Crippen molar-refractivity contribution in [3.05, 3.63) is 22.3 Å². The van der Waals surface area contributed by atoms with Crippen molar-refractivity contribution < 1.29 is 9.84 Å². The van der Waals surface area contributed by atoms with Crippen molar-refractivity contribution in [2.24, 2.45) is 0 Å². The molecule has 2 rings (SSSR count). The molecule has 100 valence electrons. The van der Waals surface area contributed by atoms with E-state index in [9.17, 15) is 5.11 Å². The summed E-state index contributed by atoms with van der Waals surface area (Å²) in [5.41, 5.74) is 4.18. The fourth-order valence-corrected chi connectivity index (χ4v) is 3.81. The van der Waals surface area contributed by atoms with Crippen LogP contribution in [0.15, 0.2) is 0 Å². The number of rotatable bonds is 2. The van der Waals surface area contributed by atoms with Crippen molar-refractivity contribution in [1.82, 2.24) is 0 Å². The molecular weight excluding hydrogens is 339 g/mol. The van der Waals surface area contributed by atoms with Crippen molar-refractivity contribution >= 4 is 22.6 Å². The Balaban J connectivity index is 2.50. The van der Waals surface area contributed by atoms with Crippen LogP contribution in [0.1, 0.15) is 42.0 Å². The highest BCUT2D eigenvalue weighted by atomic mass is 127. The molecule has 0 radical (unpaired) electrons. The summed E-state index contributed by atoms with van der Waals surface area (Å²) in [7, 11) is 0. The van der Waals surface area contributed by atoms with Crippen LogP contribution >= 0.6 is 22.6 Å². The third-order valence-electron chi connectivity index (χ3n) is 4.22. The van der Waals surface area contributed by atoms with E-state index in [0.29, 0.717) is 5.75 Å². The molecule has 0 spiro atoms. The first kappa shape index (κ1) is 14.0. The molecule has 0 bridgehead atoms. The summed E-state index contributed by atoms with van der Waals surface area (Å²) in [6, 6.07) is 0. The van der Waals surface area contributed by atoms with Gasteiger partial charge in [0.2, 0.25) is 0 Å². The lowest BCUT2D eigenvalue weighted by Gasteiger charge is -2.37. The van der Waals surface area contributed by atoms with Gasteiger partial charge in [0, 0.05) is 9.99 Å². The summed E-state index contributed by atoms with van der Waals surface area (Å²) in [6.07, 6.45) is 3.11. The van der Waals surface area contributed by atoms with Crippen molar-refractivity contribution in [2.75, 3.05) is 4.43 Å². The van der Waals surface area contributed by atoms with Crippen LogP contribution in [0, 0.1) is 20.8 Å². The second kappa shape index (κ2) is 4.91. The van der Waals surface area contributed by atoms with Gasteiger partial charge in [-0.05, 0) is 63.6 Å². The van der Waals surface area contributed by atoms with E-state index in [1.807, 2.05) is 20.8 Å². The average molecular weight is 360 g/mol. The van der Waals surface area contributed by atoms with Crippen LogP contribution < -0.4 is 4.74 Å². The zero-order valence-corrected chi connectivity index (χ0v) is 13.7. The Kier molecular flexibility index (Phi) is 3.81. The Hall–Kier alpha value is -0.450. The first-order chi connectivity index (χ1) is 8.39. The molecule has 2 nitrogen and oxygen atoms in total. The summed E-state index contributed by atoms with van der Waals surface area (Å²) in [5, 5.41) is 10.1. The van der Waals surface area contributed by atoms with E-state index < -0.39 is 0 Å². The molecule has 0 aromatic heterocycles. The molecule has 1 unspecified atom stereocenters. The molecule has 3 heteroatoms. The van der Waals surface area contributed by atoms with Crippen LogP contribution in [0.4, 0.5) is 0 Å². The zero-order chi connectivity index (χ0) is 13.5. The highest BCUT2D eigenvalue weighted by molar-refractivity contribution is 14.1. The second-order valence-corrected chi connectivity index (χ2v) is 6.60. The van der Waals surface area contributed by atoms with E-state index in [1.54, 1.807) is 0 Å². The van der Waals surface area contributed by atoms with Crippen molar-refractivity contribution in [2.45, 2.75) is 52.6 Å². The third kappa shape index (κ3) is 2.22. The highest BCUT2D eigenvalue weighted by Crippen LogP contribution is 2.44. The molecule has 1 N–H and O–H groups in total. The summed E-state index contributed by atoms with van der Waals surface area (Å²) < 4.78 is 7.40. The van der Waals surface area contributed by atoms with E-state index >= 15 is 0 Å². The molecular formula is C15H21IO2. The number of aromatic hydroxyl groups is 1. The number of hydrogen-bond acceptors (Lipinski definition) is 2. The van der Waals surface area contributed by atoms with E-state index in [1.165, 1.54) is 5.56 Å². The normalized spacial score (nSPS) is 22.5. The molecule has 0 saturated carbocycles. The van der Waals surface area contributed by atoms with E-state index in [4.69, 9.17) is 4.74 Å². The molecule has 0 saturated heterocycles. The second-order valence-electron chi connectivity index (χ2n) is 5.52. The minimum atomic E-state index is -0.0468. The topological polar surface area (TPSA) is 29.5 Å². The minimum absolute atomic E-state index is 0.0468. The molecule has 1 aromatic rings. The molecule has 0 aliphatic carbocycles. The Morgan fingerprint density at radius 1 is 1.22 bits per heavy atom. The van der Waals surface area contributed by atoms with E-state index in [-0.39, 0.29) is 5.60 Å². The Morgan fingerprint density at radius 2 is 1.89 bits per heavy atom. The lowest BCUT2D eigenvalue weighted by molar-refractivity contribution is 0.0617. The predicted octanol–water partition coefficient (Wildman–Crippen LogP) is 4.23. The van der Waals surface area contributed by atoms with Crippen LogP contribution in [-0.4, -0.2) is 15.1 Å². The molecule has 1 aliphatic heterocycles. The smallest absolute Gasteiger partial charge is 0.127 e. The number of benzene rings is 1. The number of phenolic OH excluding ortho intramolecular Hbond substituents is 1. The maximum atomic E-state index is 10.1. The first-order valence-electron chi connectivity index (χ1n) is 6.46. The zero-order valence-electron chi connectivity index (χ0n) is 11.6. The maximum Gasteiger partial charge on any atom is 0.127 e. The SMILES string of the molecule is Cc1c(C)c2c(c(C)c1O)CCC(C)(CCI)O2. The third-order valence-corrected chi connectivity index (χ3v) is 4.76. The fraction of sp³-hybridized carbons (Fsp3) is 0.600. The number of ether oxygens (including phenoxy) is 1. The van der Waals surface area contributed by atoms with Gasteiger partial charge in [0.15, 0.2) is 0 Å². The van der Waals surface area contributed by atoms with Gasteiger partial charge in [0.1, 0.15) is 17.1 Å². The van der Waals surface area contributed by atoms with Crippen LogP contribution in [0.5, 0.6) is 11.5 Å². The molecule has 1 aliphatic rings. The van der Waals surface area contributed by atoms with Crippen LogP contribution in [0.2, 0.25) is 0 Å². The van der Waals surface area contributed by atoms with Gasteiger partial charge in [-0.25, -0.2) is 0 Å². The maximum absolute atomic E-state index is 10.1. The number of phenols is 1. The molecule has 1 atom stereocenters. The first-order valence-corrected chi connectivity index (χ1v) is 7.99. The molecule has 0 fully saturated rings. The standard InChI is InChI=1S/C15H21IO2/c1-9-10(2)14-12(11(3)13(9)17)5-6-15(4,18-14)7-8-16/h17H,5-8H2,1-4H3. The predicted molar refractivity (Wildman–Crippen MR) is 83.2 cm³/mol. The van der Waals surface area contributed by atoms with Crippen LogP contribution in [0.3, 0.4) is 0 Å². The van der Waals surface area contributed by atoms with Gasteiger partial charge in [-0.2, -0.15) is 0 Å². The van der Waals surface area contributed by atoms with E-state index in [0.717, 1.165) is 46.1 Å². The molecule has 0 amide bonds. The average Bonchev–Trinajstić information content (AvgIpc) is 2.34. The number of fused-ring (bicyclic) bond motifs is 1. The summed E-state index contributed by atoms with van der Waals surface area (Å²) in [6.45, 7) is 8.20. The Labute approximate surface area is 123 Å². The van der Waals surface area contributed by atoms with Crippen LogP contribution in [0.25, 0.3) is 0 Å². The van der Waals surface area contributed by atoms with Crippen molar-refractivity contribution in [1.29, 1.82) is 0 Å². The summed E-state index contributed by atoms with van der Waals surface area (Å²) in [5.74, 6) is 1.45. The van der Waals surface area contributed by atoms with Gasteiger partial charge in [0.05, 0.1) is 0 Å². The van der Waals surface area contributed by atoms with Crippen LogP contribution in [-0.2, 0) is 6.42 Å². The Bertz CT molecular complexity index is 482. The summed E-state index contributed by atoms with van der Waals surface area (Å²) >= 11 is 2.41. The van der Waals surface area contributed by atoms with Gasteiger partial charge in [-0.3, -0.25) is 0 Å². The number of hydrogen-bond donors (Lipinski definition) is 1. The Morgan fingerprint density at radius 3 is 2.50 bits per heavy atom. The van der Waals surface area contributed by atoms with Crippen molar-refractivity contribution in [3.8, 4) is 11.5 Å². The molecule has 1 heterocycles. The minimum Gasteiger partial charge on any atom is -0.507 e. The van der Waals surface area contributed by atoms with Gasteiger partial charge in [0.25, 0.3) is 0 Å². The monoisotopic (exact) mass is 360 g/mol. The number of halogens is 1. The van der Waals surface area contributed by atoms with Gasteiger partial charge < -0.3 is 9.84 Å². The summed E-state index contributed by atoms with van der Waals surface area (Å²) in [4.78, 5) is 0. The van der Waals surface area contributed by atoms with Gasteiger partial charge >= 0.3 is 0 Å². The van der Waals surface area contributed by atoms with Crippen molar-refractivity contribution in [3.63, 3.8) is 0 Å². The van der Waals surface area contributed by atoms with Gasteiger partial charge in [-0.15, -0.1) is 0 Å². The number of alkyl halides is 1. The molecule has 18 heavy (non-hydrogen) atoms. The lowest BCUT2D eigenvalue weighted by Crippen LogP contribution is -2.37.